The predicted octanol–water partition coefficient (Wildman–Crippen LogP) is 6.97. The number of benzene rings is 4. The van der Waals surface area contributed by atoms with Gasteiger partial charge in [0, 0.05) is 11.1 Å². The highest BCUT2D eigenvalue weighted by molar-refractivity contribution is 6.11. The molecule has 0 atom stereocenters. The van der Waals surface area contributed by atoms with Crippen LogP contribution in [0.4, 0.5) is 26.3 Å². The molecule has 0 amide bonds. The molecular formula is C29H18F6O4. The molecule has 39 heavy (non-hydrogen) atoms. The van der Waals surface area contributed by atoms with Crippen LogP contribution in [0.15, 0.2) is 97.1 Å². The van der Waals surface area contributed by atoms with Crippen molar-refractivity contribution in [1.29, 1.82) is 0 Å². The lowest BCUT2D eigenvalue weighted by atomic mass is 9.71. The minimum Gasteiger partial charge on any atom is -0.507 e. The van der Waals surface area contributed by atoms with Gasteiger partial charge in [0.25, 0.3) is 0 Å². The summed E-state index contributed by atoms with van der Waals surface area (Å²) in [6.45, 7) is 0. The van der Waals surface area contributed by atoms with Crippen molar-refractivity contribution in [3.8, 4) is 11.5 Å². The molecule has 2 N–H and O–H groups in total. The SMILES string of the molecule is O=C(c1ccccc1)c1cc(C(c2ccc(O)c(C(=O)c3ccccc3)c2)(C(F)(F)F)C(F)(F)F)ccc1O. The maximum Gasteiger partial charge on any atom is 0.411 e. The Morgan fingerprint density at radius 2 is 0.846 bits per heavy atom. The van der Waals surface area contributed by atoms with E-state index in [-0.39, 0.29) is 11.1 Å². The van der Waals surface area contributed by atoms with Crippen molar-refractivity contribution in [2.24, 2.45) is 0 Å². The van der Waals surface area contributed by atoms with E-state index >= 15 is 0 Å². The normalized spacial score (nSPS) is 12.3. The summed E-state index contributed by atoms with van der Waals surface area (Å²) < 4.78 is 88.4. The number of carbonyl (C=O) groups excluding carboxylic acids is 2. The molecular weight excluding hydrogens is 526 g/mol. The number of alkyl halides is 6. The molecule has 0 aromatic heterocycles. The second-order valence-electron chi connectivity index (χ2n) is 8.60. The van der Waals surface area contributed by atoms with Crippen molar-refractivity contribution >= 4 is 11.6 Å². The van der Waals surface area contributed by atoms with Gasteiger partial charge in [-0.3, -0.25) is 9.59 Å². The highest BCUT2D eigenvalue weighted by Gasteiger charge is 2.72. The largest absolute Gasteiger partial charge is 0.507 e. The fourth-order valence-corrected chi connectivity index (χ4v) is 4.37. The van der Waals surface area contributed by atoms with E-state index in [2.05, 4.69) is 0 Å². The minimum absolute atomic E-state index is 0.0741. The molecule has 0 radical (unpaired) electrons. The van der Waals surface area contributed by atoms with Gasteiger partial charge in [0.05, 0.1) is 11.1 Å². The molecule has 4 aromatic carbocycles. The maximum atomic E-state index is 14.7. The number of hydrogen-bond donors (Lipinski definition) is 2. The molecule has 4 nitrogen and oxygen atoms in total. The van der Waals surface area contributed by atoms with Crippen molar-refractivity contribution in [3.63, 3.8) is 0 Å². The molecule has 0 heterocycles. The van der Waals surface area contributed by atoms with Crippen LogP contribution in [0.2, 0.25) is 0 Å². The third kappa shape index (κ3) is 4.73. The van der Waals surface area contributed by atoms with Gasteiger partial charge in [0.2, 0.25) is 5.41 Å². The number of ketones is 2. The van der Waals surface area contributed by atoms with Crippen molar-refractivity contribution in [3.05, 3.63) is 130 Å². The first-order chi connectivity index (χ1) is 18.3. The van der Waals surface area contributed by atoms with E-state index in [1.807, 2.05) is 0 Å². The van der Waals surface area contributed by atoms with E-state index in [4.69, 9.17) is 0 Å². The van der Waals surface area contributed by atoms with Gasteiger partial charge in [-0.2, -0.15) is 26.3 Å². The number of aromatic hydroxyl groups is 2. The van der Waals surface area contributed by atoms with Crippen LogP contribution >= 0.6 is 0 Å². The average Bonchev–Trinajstić information content (AvgIpc) is 2.89. The zero-order chi connectivity index (χ0) is 28.6. The van der Waals surface area contributed by atoms with Crippen LogP contribution in [0, 0.1) is 0 Å². The minimum atomic E-state index is -6.04. The summed E-state index contributed by atoms with van der Waals surface area (Å²) in [5, 5.41) is 20.5. The lowest BCUT2D eigenvalue weighted by Crippen LogP contribution is -2.54. The van der Waals surface area contributed by atoms with Crippen LogP contribution < -0.4 is 0 Å². The van der Waals surface area contributed by atoms with Crippen molar-refractivity contribution in [1.82, 2.24) is 0 Å². The Morgan fingerprint density at radius 3 is 1.15 bits per heavy atom. The molecule has 0 saturated carbocycles. The molecule has 0 unspecified atom stereocenters. The molecule has 0 spiro atoms. The zero-order valence-electron chi connectivity index (χ0n) is 19.7. The van der Waals surface area contributed by atoms with Gasteiger partial charge >= 0.3 is 12.4 Å². The molecule has 0 aliphatic carbocycles. The van der Waals surface area contributed by atoms with Crippen LogP contribution in [0.25, 0.3) is 0 Å². The van der Waals surface area contributed by atoms with Gasteiger partial charge < -0.3 is 10.2 Å². The van der Waals surface area contributed by atoms with Gasteiger partial charge in [-0.25, -0.2) is 0 Å². The first-order valence-electron chi connectivity index (χ1n) is 11.3. The fraction of sp³-hybridized carbons (Fsp3) is 0.103. The van der Waals surface area contributed by atoms with Crippen LogP contribution in [0.3, 0.4) is 0 Å². The van der Waals surface area contributed by atoms with E-state index in [1.165, 1.54) is 48.5 Å². The summed E-state index contributed by atoms with van der Waals surface area (Å²) in [5.74, 6) is -3.65. The monoisotopic (exact) mass is 544 g/mol. The van der Waals surface area contributed by atoms with Crippen LogP contribution in [-0.2, 0) is 5.41 Å². The summed E-state index contributed by atoms with van der Waals surface area (Å²) in [6.07, 6.45) is -12.1. The number of phenolic OH excluding ortho intramolecular Hbond substituents is 2. The molecule has 0 bridgehead atoms. The molecule has 0 saturated heterocycles. The maximum absolute atomic E-state index is 14.7. The van der Waals surface area contributed by atoms with Gasteiger partial charge in [-0.05, 0) is 35.4 Å². The second kappa shape index (κ2) is 9.94. The van der Waals surface area contributed by atoms with Crippen molar-refractivity contribution < 1.29 is 46.1 Å². The topological polar surface area (TPSA) is 74.6 Å². The van der Waals surface area contributed by atoms with Gasteiger partial charge in [-0.1, -0.05) is 72.8 Å². The fourth-order valence-electron chi connectivity index (χ4n) is 4.37. The van der Waals surface area contributed by atoms with Gasteiger partial charge in [0.1, 0.15) is 11.5 Å². The smallest absolute Gasteiger partial charge is 0.411 e. The summed E-state index contributed by atoms with van der Waals surface area (Å²) in [6, 6.07) is 16.7. The quantitative estimate of drug-likeness (QED) is 0.203. The van der Waals surface area contributed by atoms with E-state index in [9.17, 15) is 46.1 Å². The van der Waals surface area contributed by atoms with E-state index in [0.29, 0.717) is 36.4 Å². The second-order valence-corrected chi connectivity index (χ2v) is 8.60. The van der Waals surface area contributed by atoms with E-state index in [1.54, 1.807) is 12.1 Å². The zero-order valence-corrected chi connectivity index (χ0v) is 19.7. The van der Waals surface area contributed by atoms with Crippen molar-refractivity contribution in [2.75, 3.05) is 0 Å². The molecule has 0 aliphatic rings. The Bertz CT molecular complexity index is 1410. The van der Waals surface area contributed by atoms with Gasteiger partial charge in [0.15, 0.2) is 11.6 Å². The highest BCUT2D eigenvalue weighted by atomic mass is 19.4. The Labute approximate surface area is 217 Å². The average molecular weight is 544 g/mol. The van der Waals surface area contributed by atoms with E-state index < -0.39 is 63.1 Å². The number of rotatable bonds is 6. The van der Waals surface area contributed by atoms with Crippen LogP contribution in [-0.4, -0.2) is 34.1 Å². The number of phenols is 2. The molecule has 4 aromatic rings. The third-order valence-corrected chi connectivity index (χ3v) is 6.27. The first-order valence-corrected chi connectivity index (χ1v) is 11.3. The third-order valence-electron chi connectivity index (χ3n) is 6.27. The van der Waals surface area contributed by atoms with Crippen LogP contribution in [0.1, 0.15) is 43.0 Å². The molecule has 4 rings (SSSR count). The number of carbonyl (C=O) groups is 2. The summed E-state index contributed by atoms with van der Waals surface area (Å²) in [4.78, 5) is 25.9. The molecule has 200 valence electrons. The molecule has 0 fully saturated rings. The molecule has 10 heteroatoms. The number of hydrogen-bond acceptors (Lipinski definition) is 4. The summed E-state index contributed by atoms with van der Waals surface area (Å²) in [5.41, 5.74) is -9.28. The Hall–Kier alpha value is -4.60. The summed E-state index contributed by atoms with van der Waals surface area (Å²) in [7, 11) is 0. The van der Waals surface area contributed by atoms with Crippen LogP contribution in [0.5, 0.6) is 11.5 Å². The number of halogens is 6. The first kappa shape index (κ1) is 27.4. The Morgan fingerprint density at radius 1 is 0.513 bits per heavy atom. The van der Waals surface area contributed by atoms with E-state index in [0.717, 1.165) is 0 Å². The lowest BCUT2D eigenvalue weighted by Gasteiger charge is -2.38. The lowest BCUT2D eigenvalue weighted by molar-refractivity contribution is -0.288. The highest BCUT2D eigenvalue weighted by Crippen LogP contribution is 2.57. The van der Waals surface area contributed by atoms with Crippen molar-refractivity contribution in [2.45, 2.75) is 17.8 Å². The standard InChI is InChI=1S/C29H18F6O4/c30-28(31,32)27(29(33,34)35,19-11-13-23(36)21(15-19)25(38)17-7-3-1-4-8-17)20-12-14-24(37)22(16-20)26(39)18-9-5-2-6-10-18/h1-16,36-37H. The molecule has 0 aliphatic heterocycles. The Kier molecular flexibility index (Phi) is 6.99. The summed E-state index contributed by atoms with van der Waals surface area (Å²) >= 11 is 0. The Balaban J connectivity index is 2.00. The predicted molar refractivity (Wildman–Crippen MR) is 129 cm³/mol. The van der Waals surface area contributed by atoms with Gasteiger partial charge in [-0.15, -0.1) is 0 Å².